The van der Waals surface area contributed by atoms with Crippen LogP contribution in [0.15, 0.2) is 30.5 Å². The topological polar surface area (TPSA) is 77.2 Å². The van der Waals surface area contributed by atoms with E-state index in [2.05, 4.69) is 27.6 Å². The number of rotatable bonds is 6. The van der Waals surface area contributed by atoms with Gasteiger partial charge in [0.1, 0.15) is 6.04 Å². The van der Waals surface area contributed by atoms with Gasteiger partial charge in [0.25, 0.3) is 0 Å². The van der Waals surface area contributed by atoms with Crippen molar-refractivity contribution in [3.63, 3.8) is 0 Å². The highest BCUT2D eigenvalue weighted by Crippen LogP contribution is 2.19. The van der Waals surface area contributed by atoms with E-state index in [1.54, 1.807) is 0 Å². The smallest absolute Gasteiger partial charge is 0.243 e. The SMILES string of the molecule is CC(C)C(=O)NC(Cc1c[nH]c2ccccc12)C(=O)NC1CCN(C)CC1. The fraction of sp³-hybridized carbons (Fsp3) is 0.524. The van der Waals surface area contributed by atoms with E-state index in [0.717, 1.165) is 42.4 Å². The lowest BCUT2D eigenvalue weighted by Crippen LogP contribution is -2.53. The number of para-hydroxylation sites is 1. The molecule has 0 aliphatic carbocycles. The number of hydrogen-bond donors (Lipinski definition) is 3. The second kappa shape index (κ2) is 8.57. The summed E-state index contributed by atoms with van der Waals surface area (Å²) in [5.74, 6) is -0.353. The molecule has 0 bridgehead atoms. The molecule has 6 nitrogen and oxygen atoms in total. The molecule has 146 valence electrons. The van der Waals surface area contributed by atoms with Gasteiger partial charge in [-0.05, 0) is 44.6 Å². The molecule has 0 radical (unpaired) electrons. The second-order valence-corrected chi connectivity index (χ2v) is 7.87. The summed E-state index contributed by atoms with van der Waals surface area (Å²) >= 11 is 0. The number of aromatic nitrogens is 1. The first kappa shape index (κ1) is 19.4. The molecule has 1 fully saturated rings. The van der Waals surface area contributed by atoms with Gasteiger partial charge in [0, 0.05) is 35.5 Å². The van der Waals surface area contributed by atoms with Crippen molar-refractivity contribution in [1.82, 2.24) is 20.5 Å². The fourth-order valence-corrected chi connectivity index (χ4v) is 3.52. The maximum atomic E-state index is 13.0. The average molecular weight is 370 g/mol. The number of hydrogen-bond acceptors (Lipinski definition) is 3. The second-order valence-electron chi connectivity index (χ2n) is 7.87. The van der Waals surface area contributed by atoms with Gasteiger partial charge in [0.2, 0.25) is 11.8 Å². The Kier molecular flexibility index (Phi) is 6.16. The minimum Gasteiger partial charge on any atom is -0.361 e. The van der Waals surface area contributed by atoms with Crippen molar-refractivity contribution in [2.45, 2.75) is 45.2 Å². The normalized spacial score (nSPS) is 17.2. The highest BCUT2D eigenvalue weighted by molar-refractivity contribution is 5.90. The third kappa shape index (κ3) is 4.89. The summed E-state index contributed by atoms with van der Waals surface area (Å²) in [7, 11) is 2.10. The number of benzene rings is 1. The van der Waals surface area contributed by atoms with Gasteiger partial charge in [-0.25, -0.2) is 0 Å². The summed E-state index contributed by atoms with van der Waals surface area (Å²) in [5, 5.41) is 7.19. The summed E-state index contributed by atoms with van der Waals surface area (Å²) in [6.45, 7) is 5.65. The van der Waals surface area contributed by atoms with Gasteiger partial charge in [-0.2, -0.15) is 0 Å². The highest BCUT2D eigenvalue weighted by atomic mass is 16.2. The molecule has 1 aliphatic rings. The van der Waals surface area contributed by atoms with E-state index in [0.29, 0.717) is 6.42 Å². The Labute approximate surface area is 160 Å². The Morgan fingerprint density at radius 1 is 1.19 bits per heavy atom. The maximum absolute atomic E-state index is 13.0. The third-order valence-corrected chi connectivity index (χ3v) is 5.32. The summed E-state index contributed by atoms with van der Waals surface area (Å²) in [5.41, 5.74) is 2.08. The van der Waals surface area contributed by atoms with Gasteiger partial charge in [0.15, 0.2) is 0 Å². The van der Waals surface area contributed by atoms with Gasteiger partial charge < -0.3 is 20.5 Å². The monoisotopic (exact) mass is 370 g/mol. The maximum Gasteiger partial charge on any atom is 0.243 e. The van der Waals surface area contributed by atoms with Crippen LogP contribution < -0.4 is 10.6 Å². The number of aromatic amines is 1. The molecule has 0 spiro atoms. The number of likely N-dealkylation sites (tertiary alicyclic amines) is 1. The lowest BCUT2D eigenvalue weighted by atomic mass is 10.0. The first-order valence-electron chi connectivity index (χ1n) is 9.78. The molecule has 1 atom stereocenters. The standard InChI is InChI=1S/C21H30N4O2/c1-14(2)20(26)24-19(21(27)23-16-8-10-25(3)11-9-16)12-15-13-22-18-7-5-4-6-17(15)18/h4-7,13-14,16,19,22H,8-12H2,1-3H3,(H,23,27)(H,24,26). The minimum atomic E-state index is -0.571. The Morgan fingerprint density at radius 2 is 1.89 bits per heavy atom. The first-order chi connectivity index (χ1) is 12.9. The fourth-order valence-electron chi connectivity index (χ4n) is 3.52. The first-order valence-corrected chi connectivity index (χ1v) is 9.78. The third-order valence-electron chi connectivity index (χ3n) is 5.32. The van der Waals surface area contributed by atoms with E-state index in [1.807, 2.05) is 44.3 Å². The Morgan fingerprint density at radius 3 is 2.59 bits per heavy atom. The number of carbonyl (C=O) groups excluding carboxylic acids is 2. The Bertz CT molecular complexity index is 790. The number of nitrogens with zero attached hydrogens (tertiary/aromatic N) is 1. The molecule has 0 saturated carbocycles. The number of fused-ring (bicyclic) bond motifs is 1. The van der Waals surface area contributed by atoms with E-state index >= 15 is 0 Å². The van der Waals surface area contributed by atoms with Gasteiger partial charge in [0.05, 0.1) is 0 Å². The molecule has 6 heteroatoms. The predicted molar refractivity (Wildman–Crippen MR) is 107 cm³/mol. The van der Waals surface area contributed by atoms with Crippen molar-refractivity contribution in [1.29, 1.82) is 0 Å². The summed E-state index contributed by atoms with van der Waals surface area (Å²) < 4.78 is 0. The van der Waals surface area contributed by atoms with Gasteiger partial charge in [-0.15, -0.1) is 0 Å². The molecule has 1 saturated heterocycles. The zero-order valence-electron chi connectivity index (χ0n) is 16.4. The lowest BCUT2D eigenvalue weighted by molar-refractivity contribution is -0.131. The molecule has 3 N–H and O–H groups in total. The van der Waals surface area contributed by atoms with Crippen LogP contribution in [0.5, 0.6) is 0 Å². The van der Waals surface area contributed by atoms with E-state index in [-0.39, 0.29) is 23.8 Å². The number of nitrogens with one attached hydrogen (secondary N) is 3. The van der Waals surface area contributed by atoms with Crippen molar-refractivity contribution in [3.8, 4) is 0 Å². The average Bonchev–Trinajstić information content (AvgIpc) is 3.06. The van der Waals surface area contributed by atoms with E-state index in [9.17, 15) is 9.59 Å². The molecule has 27 heavy (non-hydrogen) atoms. The highest BCUT2D eigenvalue weighted by Gasteiger charge is 2.26. The Hall–Kier alpha value is -2.34. The number of piperidine rings is 1. The van der Waals surface area contributed by atoms with Crippen LogP contribution in [0.1, 0.15) is 32.3 Å². The molecule has 1 unspecified atom stereocenters. The molecule has 3 rings (SSSR count). The van der Waals surface area contributed by atoms with Crippen LogP contribution in [-0.2, 0) is 16.0 Å². The van der Waals surface area contributed by atoms with E-state index in [1.165, 1.54) is 0 Å². The summed E-state index contributed by atoms with van der Waals surface area (Å²) in [6, 6.07) is 7.62. The molecular formula is C21H30N4O2. The molecule has 2 amide bonds. The van der Waals surface area contributed by atoms with Crippen LogP contribution in [0.4, 0.5) is 0 Å². The van der Waals surface area contributed by atoms with Crippen LogP contribution in [0.3, 0.4) is 0 Å². The molecule has 2 heterocycles. The molecule has 1 aromatic heterocycles. The van der Waals surface area contributed by atoms with Gasteiger partial charge >= 0.3 is 0 Å². The van der Waals surface area contributed by atoms with Crippen molar-refractivity contribution >= 4 is 22.7 Å². The van der Waals surface area contributed by atoms with Crippen LogP contribution in [0.25, 0.3) is 10.9 Å². The summed E-state index contributed by atoms with van der Waals surface area (Å²) in [6.07, 6.45) is 4.29. The van der Waals surface area contributed by atoms with Crippen molar-refractivity contribution in [2.24, 2.45) is 5.92 Å². The van der Waals surface area contributed by atoms with Crippen molar-refractivity contribution in [3.05, 3.63) is 36.0 Å². The van der Waals surface area contributed by atoms with Crippen LogP contribution in [0.2, 0.25) is 0 Å². The molecule has 1 aromatic carbocycles. The van der Waals surface area contributed by atoms with Crippen LogP contribution in [-0.4, -0.2) is 53.9 Å². The van der Waals surface area contributed by atoms with Crippen LogP contribution >= 0.6 is 0 Å². The molecular weight excluding hydrogens is 340 g/mol. The lowest BCUT2D eigenvalue weighted by Gasteiger charge is -2.31. The van der Waals surface area contributed by atoms with Crippen LogP contribution in [0, 0.1) is 5.92 Å². The quantitative estimate of drug-likeness (QED) is 0.728. The zero-order chi connectivity index (χ0) is 19.4. The largest absolute Gasteiger partial charge is 0.361 e. The van der Waals surface area contributed by atoms with Crippen molar-refractivity contribution < 1.29 is 9.59 Å². The minimum absolute atomic E-state index is 0.0937. The Balaban J connectivity index is 1.73. The number of carbonyl (C=O) groups is 2. The number of H-pyrrole nitrogens is 1. The van der Waals surface area contributed by atoms with E-state index < -0.39 is 6.04 Å². The predicted octanol–water partition coefficient (Wildman–Crippen LogP) is 2.06. The van der Waals surface area contributed by atoms with Gasteiger partial charge in [-0.3, -0.25) is 9.59 Å². The zero-order valence-corrected chi connectivity index (χ0v) is 16.4. The van der Waals surface area contributed by atoms with Gasteiger partial charge in [-0.1, -0.05) is 32.0 Å². The molecule has 2 aromatic rings. The summed E-state index contributed by atoms with van der Waals surface area (Å²) in [4.78, 5) is 30.8. The number of amides is 2. The van der Waals surface area contributed by atoms with E-state index in [4.69, 9.17) is 0 Å². The van der Waals surface area contributed by atoms with Crippen molar-refractivity contribution in [2.75, 3.05) is 20.1 Å². The molecule has 1 aliphatic heterocycles.